The summed E-state index contributed by atoms with van der Waals surface area (Å²) in [7, 11) is 0. The number of thiophene rings is 1. The number of hydrogen-bond donors (Lipinski definition) is 3. The number of aliphatic hydroxyl groups is 1. The molecule has 0 fully saturated rings. The first-order chi connectivity index (χ1) is 11.4. The largest absolute Gasteiger partial charge is 0.396 e. The van der Waals surface area contributed by atoms with E-state index in [2.05, 4.69) is 57.4 Å². The Bertz CT molecular complexity index is 485. The minimum Gasteiger partial charge on any atom is -0.396 e. The Morgan fingerprint density at radius 2 is 2.04 bits per heavy atom. The SMILES string of the molecule is CCNC(=NCC(CCO)CC(C)C)NC(C)Cc1ccc(C)s1. The third-order valence-corrected chi connectivity index (χ3v) is 4.90. The van der Waals surface area contributed by atoms with Gasteiger partial charge in [0, 0.05) is 41.9 Å². The summed E-state index contributed by atoms with van der Waals surface area (Å²) in [5, 5.41) is 16.1. The second kappa shape index (κ2) is 11.5. The highest BCUT2D eigenvalue weighted by atomic mass is 32.1. The Morgan fingerprint density at radius 1 is 1.29 bits per heavy atom. The smallest absolute Gasteiger partial charge is 0.191 e. The Morgan fingerprint density at radius 3 is 2.58 bits per heavy atom. The molecule has 0 amide bonds. The van der Waals surface area contributed by atoms with Crippen LogP contribution in [0.3, 0.4) is 0 Å². The topological polar surface area (TPSA) is 56.7 Å². The third-order valence-electron chi connectivity index (χ3n) is 3.88. The van der Waals surface area contributed by atoms with Crippen LogP contribution >= 0.6 is 11.3 Å². The Hall–Kier alpha value is -1.07. The average Bonchev–Trinajstić information content (AvgIpc) is 2.89. The molecule has 0 aliphatic heterocycles. The van der Waals surface area contributed by atoms with E-state index in [4.69, 9.17) is 4.99 Å². The molecule has 1 heterocycles. The van der Waals surface area contributed by atoms with Crippen LogP contribution in [0.15, 0.2) is 17.1 Å². The van der Waals surface area contributed by atoms with Gasteiger partial charge in [-0.15, -0.1) is 11.3 Å². The molecule has 3 N–H and O–H groups in total. The summed E-state index contributed by atoms with van der Waals surface area (Å²) in [6.45, 7) is 12.7. The van der Waals surface area contributed by atoms with Gasteiger partial charge in [0.05, 0.1) is 0 Å². The fourth-order valence-corrected chi connectivity index (χ4v) is 3.87. The van der Waals surface area contributed by atoms with E-state index in [9.17, 15) is 5.11 Å². The number of aliphatic imine (C=N–C) groups is 1. The van der Waals surface area contributed by atoms with Crippen LogP contribution in [-0.4, -0.2) is 36.8 Å². The molecule has 0 saturated heterocycles. The van der Waals surface area contributed by atoms with Gasteiger partial charge in [-0.2, -0.15) is 0 Å². The van der Waals surface area contributed by atoms with Gasteiger partial charge in [0.15, 0.2) is 5.96 Å². The van der Waals surface area contributed by atoms with Crippen LogP contribution in [0.4, 0.5) is 0 Å². The first-order valence-corrected chi connectivity index (χ1v) is 9.97. The molecule has 0 aliphatic carbocycles. The molecule has 0 aliphatic rings. The Labute approximate surface area is 151 Å². The van der Waals surface area contributed by atoms with Crippen LogP contribution in [0.1, 0.15) is 50.3 Å². The van der Waals surface area contributed by atoms with E-state index in [1.54, 1.807) is 0 Å². The second-order valence-electron chi connectivity index (χ2n) is 6.99. The summed E-state index contributed by atoms with van der Waals surface area (Å²) in [5.41, 5.74) is 0. The van der Waals surface area contributed by atoms with Gasteiger partial charge in [-0.25, -0.2) is 0 Å². The van der Waals surface area contributed by atoms with Gasteiger partial charge in [-0.3, -0.25) is 4.99 Å². The van der Waals surface area contributed by atoms with Crippen molar-refractivity contribution in [2.45, 2.75) is 59.9 Å². The number of rotatable bonds is 10. The van der Waals surface area contributed by atoms with Crippen LogP contribution < -0.4 is 10.6 Å². The van der Waals surface area contributed by atoms with Gasteiger partial charge in [0.1, 0.15) is 0 Å². The summed E-state index contributed by atoms with van der Waals surface area (Å²) in [6.07, 6.45) is 2.94. The van der Waals surface area contributed by atoms with E-state index in [1.165, 1.54) is 9.75 Å². The highest BCUT2D eigenvalue weighted by Crippen LogP contribution is 2.17. The number of aliphatic hydroxyl groups excluding tert-OH is 1. The summed E-state index contributed by atoms with van der Waals surface area (Å²) in [5.74, 6) is 1.96. The molecule has 138 valence electrons. The van der Waals surface area contributed by atoms with Crippen molar-refractivity contribution in [3.63, 3.8) is 0 Å². The van der Waals surface area contributed by atoms with Crippen LogP contribution in [-0.2, 0) is 6.42 Å². The molecule has 0 radical (unpaired) electrons. The van der Waals surface area contributed by atoms with Crippen LogP contribution in [0.25, 0.3) is 0 Å². The number of nitrogens with zero attached hydrogens (tertiary/aromatic N) is 1. The van der Waals surface area contributed by atoms with Gasteiger partial charge < -0.3 is 15.7 Å². The lowest BCUT2D eigenvalue weighted by atomic mass is 9.94. The molecule has 0 bridgehead atoms. The number of aryl methyl sites for hydroxylation is 1. The molecule has 24 heavy (non-hydrogen) atoms. The van der Waals surface area contributed by atoms with Gasteiger partial charge in [-0.1, -0.05) is 13.8 Å². The number of hydrogen-bond acceptors (Lipinski definition) is 3. The van der Waals surface area contributed by atoms with Gasteiger partial charge in [0.25, 0.3) is 0 Å². The maximum absolute atomic E-state index is 9.25. The lowest BCUT2D eigenvalue weighted by molar-refractivity contribution is 0.245. The van der Waals surface area contributed by atoms with Gasteiger partial charge in [-0.05, 0) is 57.6 Å². The molecule has 2 unspecified atom stereocenters. The molecule has 1 rings (SSSR count). The fraction of sp³-hybridized carbons (Fsp3) is 0.737. The molecule has 5 heteroatoms. The zero-order valence-corrected chi connectivity index (χ0v) is 16.7. The van der Waals surface area contributed by atoms with Crippen molar-refractivity contribution in [3.05, 3.63) is 21.9 Å². The zero-order chi connectivity index (χ0) is 17.9. The highest BCUT2D eigenvalue weighted by Gasteiger charge is 2.12. The fourth-order valence-electron chi connectivity index (χ4n) is 2.85. The minimum atomic E-state index is 0.241. The van der Waals surface area contributed by atoms with E-state index in [-0.39, 0.29) is 6.61 Å². The van der Waals surface area contributed by atoms with Gasteiger partial charge in [0.2, 0.25) is 0 Å². The van der Waals surface area contributed by atoms with Crippen LogP contribution in [0.5, 0.6) is 0 Å². The van der Waals surface area contributed by atoms with E-state index in [1.807, 2.05) is 11.3 Å². The van der Waals surface area contributed by atoms with Crippen molar-refractivity contribution in [1.82, 2.24) is 10.6 Å². The molecule has 1 aromatic heterocycles. The lowest BCUT2D eigenvalue weighted by Crippen LogP contribution is -2.43. The lowest BCUT2D eigenvalue weighted by Gasteiger charge is -2.20. The van der Waals surface area contributed by atoms with Crippen molar-refractivity contribution in [3.8, 4) is 0 Å². The predicted molar refractivity (Wildman–Crippen MR) is 106 cm³/mol. The molecule has 4 nitrogen and oxygen atoms in total. The van der Waals surface area contributed by atoms with Crippen molar-refractivity contribution in [2.75, 3.05) is 19.7 Å². The van der Waals surface area contributed by atoms with Crippen molar-refractivity contribution < 1.29 is 5.11 Å². The van der Waals surface area contributed by atoms with E-state index in [0.29, 0.717) is 17.9 Å². The number of guanidine groups is 1. The molecule has 0 spiro atoms. The zero-order valence-electron chi connectivity index (χ0n) is 15.9. The summed E-state index contributed by atoms with van der Waals surface area (Å²) < 4.78 is 0. The Balaban J connectivity index is 2.59. The monoisotopic (exact) mass is 353 g/mol. The maximum Gasteiger partial charge on any atom is 0.191 e. The van der Waals surface area contributed by atoms with Gasteiger partial charge >= 0.3 is 0 Å². The Kier molecular flexibility index (Phi) is 10.0. The molecular formula is C19H35N3OS. The quantitative estimate of drug-likeness (QED) is 0.445. The molecule has 2 atom stereocenters. The van der Waals surface area contributed by atoms with E-state index in [0.717, 1.165) is 38.3 Å². The molecular weight excluding hydrogens is 318 g/mol. The van der Waals surface area contributed by atoms with Crippen molar-refractivity contribution >= 4 is 17.3 Å². The third kappa shape index (κ3) is 8.69. The van der Waals surface area contributed by atoms with E-state index < -0.39 is 0 Å². The summed E-state index contributed by atoms with van der Waals surface area (Å²) in [4.78, 5) is 7.52. The maximum atomic E-state index is 9.25. The van der Waals surface area contributed by atoms with Crippen molar-refractivity contribution in [2.24, 2.45) is 16.8 Å². The number of nitrogens with one attached hydrogen (secondary N) is 2. The first-order valence-electron chi connectivity index (χ1n) is 9.15. The summed E-state index contributed by atoms with van der Waals surface area (Å²) in [6, 6.07) is 4.72. The van der Waals surface area contributed by atoms with Crippen molar-refractivity contribution in [1.29, 1.82) is 0 Å². The van der Waals surface area contributed by atoms with Crippen LogP contribution in [0.2, 0.25) is 0 Å². The van der Waals surface area contributed by atoms with E-state index >= 15 is 0 Å². The summed E-state index contributed by atoms with van der Waals surface area (Å²) >= 11 is 1.86. The standard InChI is InChI=1S/C19H35N3OS/c1-6-20-19(21-13-17(9-10-23)11-14(2)3)22-15(4)12-18-8-7-16(5)24-18/h7-8,14-15,17,23H,6,9-13H2,1-5H3,(H2,20,21,22). The van der Waals surface area contributed by atoms with Crippen LogP contribution in [0, 0.1) is 18.8 Å². The molecule has 0 aromatic carbocycles. The predicted octanol–water partition coefficient (Wildman–Crippen LogP) is 3.59. The highest BCUT2D eigenvalue weighted by molar-refractivity contribution is 7.11. The molecule has 1 aromatic rings. The normalized spacial score (nSPS) is 14.7. The average molecular weight is 354 g/mol. The first kappa shape index (κ1) is 21.0. The minimum absolute atomic E-state index is 0.241. The second-order valence-corrected chi connectivity index (χ2v) is 8.36. The molecule has 0 saturated carbocycles.